The first-order chi connectivity index (χ1) is 5.87. The summed E-state index contributed by atoms with van der Waals surface area (Å²) >= 11 is 0. The highest BCUT2D eigenvalue weighted by Gasteiger charge is 2.38. The molecule has 1 aromatic rings. The van der Waals surface area contributed by atoms with Crippen molar-refractivity contribution in [2.75, 3.05) is 6.54 Å². The van der Waals surface area contributed by atoms with Crippen molar-refractivity contribution in [1.29, 1.82) is 0 Å². The summed E-state index contributed by atoms with van der Waals surface area (Å²) in [5.74, 6) is 0. The van der Waals surface area contributed by atoms with E-state index in [4.69, 9.17) is 5.73 Å². The Morgan fingerprint density at radius 1 is 1.50 bits per heavy atom. The van der Waals surface area contributed by atoms with Gasteiger partial charge >= 0.3 is 0 Å². The second kappa shape index (κ2) is 2.90. The van der Waals surface area contributed by atoms with Crippen LogP contribution in [0.5, 0.6) is 0 Å². The second-order valence-electron chi connectivity index (χ2n) is 3.57. The first kappa shape index (κ1) is 7.80. The molecule has 3 nitrogen and oxygen atoms in total. The second-order valence-corrected chi connectivity index (χ2v) is 3.57. The highest BCUT2D eigenvalue weighted by Crippen LogP contribution is 2.40. The number of aromatic nitrogens is 2. The molecule has 1 saturated carbocycles. The van der Waals surface area contributed by atoms with Gasteiger partial charge in [-0.3, -0.25) is 4.68 Å². The molecular formula is C9H15N3. The van der Waals surface area contributed by atoms with Crippen molar-refractivity contribution in [3.05, 3.63) is 18.5 Å². The molecule has 1 aliphatic rings. The van der Waals surface area contributed by atoms with Gasteiger partial charge in [0, 0.05) is 12.4 Å². The summed E-state index contributed by atoms with van der Waals surface area (Å²) in [7, 11) is 0. The van der Waals surface area contributed by atoms with Gasteiger partial charge in [-0.2, -0.15) is 5.10 Å². The molecule has 1 heterocycles. The number of nitrogens with two attached hydrogens (primary N) is 1. The van der Waals surface area contributed by atoms with Crippen LogP contribution >= 0.6 is 0 Å². The fourth-order valence-electron chi connectivity index (χ4n) is 2.00. The highest BCUT2D eigenvalue weighted by molar-refractivity contribution is 4.96. The van der Waals surface area contributed by atoms with E-state index in [0.29, 0.717) is 0 Å². The summed E-state index contributed by atoms with van der Waals surface area (Å²) < 4.78 is 2.09. The number of nitrogens with zero attached hydrogens (tertiary/aromatic N) is 2. The van der Waals surface area contributed by atoms with Crippen molar-refractivity contribution in [2.24, 2.45) is 5.73 Å². The van der Waals surface area contributed by atoms with Crippen molar-refractivity contribution >= 4 is 0 Å². The summed E-state index contributed by atoms with van der Waals surface area (Å²) in [6.45, 7) is 0.764. The zero-order chi connectivity index (χ0) is 8.44. The van der Waals surface area contributed by atoms with Crippen LogP contribution in [0.25, 0.3) is 0 Å². The summed E-state index contributed by atoms with van der Waals surface area (Å²) in [6.07, 6.45) is 8.76. The third kappa shape index (κ3) is 1.05. The standard InChI is InChI=1S/C9H15N3/c10-6-5-9(3-1-4-9)12-8-2-7-11-12/h2,7-8H,1,3-6,10H2. The van der Waals surface area contributed by atoms with Crippen LogP contribution in [0.2, 0.25) is 0 Å². The topological polar surface area (TPSA) is 43.8 Å². The predicted octanol–water partition coefficient (Wildman–Crippen LogP) is 1.11. The van der Waals surface area contributed by atoms with Crippen LogP contribution in [0.15, 0.2) is 18.5 Å². The van der Waals surface area contributed by atoms with Crippen LogP contribution in [0.1, 0.15) is 25.7 Å². The highest BCUT2D eigenvalue weighted by atomic mass is 15.3. The van der Waals surface area contributed by atoms with E-state index in [9.17, 15) is 0 Å². The van der Waals surface area contributed by atoms with Crippen LogP contribution < -0.4 is 5.73 Å². The lowest BCUT2D eigenvalue weighted by molar-refractivity contribution is 0.115. The molecule has 1 aromatic heterocycles. The number of hydrogen-bond donors (Lipinski definition) is 1. The van der Waals surface area contributed by atoms with E-state index in [-0.39, 0.29) is 5.54 Å². The normalized spacial score (nSPS) is 20.4. The molecule has 0 bridgehead atoms. The van der Waals surface area contributed by atoms with Gasteiger partial charge in [0.25, 0.3) is 0 Å². The van der Waals surface area contributed by atoms with Gasteiger partial charge in [0.1, 0.15) is 0 Å². The molecule has 2 rings (SSSR count). The van der Waals surface area contributed by atoms with Gasteiger partial charge in [-0.15, -0.1) is 0 Å². The minimum atomic E-state index is 0.276. The van der Waals surface area contributed by atoms with E-state index >= 15 is 0 Å². The molecule has 0 spiro atoms. The van der Waals surface area contributed by atoms with Crippen LogP contribution in [0, 0.1) is 0 Å². The molecule has 2 N–H and O–H groups in total. The third-order valence-electron chi connectivity index (χ3n) is 2.88. The first-order valence-corrected chi connectivity index (χ1v) is 4.58. The summed E-state index contributed by atoms with van der Waals surface area (Å²) in [5, 5.41) is 4.29. The monoisotopic (exact) mass is 165 g/mol. The fraction of sp³-hybridized carbons (Fsp3) is 0.667. The Labute approximate surface area is 72.6 Å². The van der Waals surface area contributed by atoms with Crippen molar-refractivity contribution in [3.8, 4) is 0 Å². The summed E-state index contributed by atoms with van der Waals surface area (Å²) in [5.41, 5.74) is 5.87. The lowest BCUT2D eigenvalue weighted by Crippen LogP contribution is -2.42. The van der Waals surface area contributed by atoms with E-state index in [0.717, 1.165) is 13.0 Å². The molecule has 66 valence electrons. The Bertz CT molecular complexity index is 236. The zero-order valence-corrected chi connectivity index (χ0v) is 7.24. The van der Waals surface area contributed by atoms with Crippen LogP contribution in [0.4, 0.5) is 0 Å². The van der Waals surface area contributed by atoms with Gasteiger partial charge in [0.05, 0.1) is 5.54 Å². The number of rotatable bonds is 3. The first-order valence-electron chi connectivity index (χ1n) is 4.58. The predicted molar refractivity (Wildman–Crippen MR) is 47.7 cm³/mol. The minimum absolute atomic E-state index is 0.276. The maximum absolute atomic E-state index is 5.59. The van der Waals surface area contributed by atoms with E-state index in [2.05, 4.69) is 16.0 Å². The molecule has 12 heavy (non-hydrogen) atoms. The molecular weight excluding hydrogens is 150 g/mol. The van der Waals surface area contributed by atoms with Gasteiger partial charge < -0.3 is 5.73 Å². The molecule has 1 aliphatic carbocycles. The van der Waals surface area contributed by atoms with E-state index in [1.54, 1.807) is 0 Å². The third-order valence-corrected chi connectivity index (χ3v) is 2.88. The summed E-state index contributed by atoms with van der Waals surface area (Å²) in [6, 6.07) is 1.98. The van der Waals surface area contributed by atoms with Gasteiger partial charge in [-0.05, 0) is 38.3 Å². The van der Waals surface area contributed by atoms with E-state index in [1.807, 2.05) is 12.3 Å². The fourth-order valence-corrected chi connectivity index (χ4v) is 2.00. The quantitative estimate of drug-likeness (QED) is 0.729. The Morgan fingerprint density at radius 2 is 2.33 bits per heavy atom. The molecule has 0 amide bonds. The van der Waals surface area contributed by atoms with Crippen LogP contribution in [0.3, 0.4) is 0 Å². The van der Waals surface area contributed by atoms with Crippen LogP contribution in [-0.2, 0) is 5.54 Å². The van der Waals surface area contributed by atoms with E-state index < -0.39 is 0 Å². The molecule has 0 atom stereocenters. The Morgan fingerprint density at radius 3 is 2.75 bits per heavy atom. The SMILES string of the molecule is NCCC1(n2cccn2)CCC1. The molecule has 0 radical (unpaired) electrons. The van der Waals surface area contributed by atoms with E-state index in [1.165, 1.54) is 19.3 Å². The van der Waals surface area contributed by atoms with Crippen molar-refractivity contribution in [3.63, 3.8) is 0 Å². The van der Waals surface area contributed by atoms with Gasteiger partial charge in [-0.1, -0.05) is 0 Å². The molecule has 0 saturated heterocycles. The molecule has 0 aliphatic heterocycles. The van der Waals surface area contributed by atoms with Gasteiger partial charge in [0.15, 0.2) is 0 Å². The molecule has 3 heteroatoms. The lowest BCUT2D eigenvalue weighted by atomic mass is 9.74. The Kier molecular flexibility index (Phi) is 1.89. The molecule has 0 unspecified atom stereocenters. The van der Waals surface area contributed by atoms with Crippen molar-refractivity contribution < 1.29 is 0 Å². The zero-order valence-electron chi connectivity index (χ0n) is 7.24. The minimum Gasteiger partial charge on any atom is -0.330 e. The number of hydrogen-bond acceptors (Lipinski definition) is 2. The smallest absolute Gasteiger partial charge is 0.0639 e. The largest absolute Gasteiger partial charge is 0.330 e. The van der Waals surface area contributed by atoms with Gasteiger partial charge in [-0.25, -0.2) is 0 Å². The van der Waals surface area contributed by atoms with Crippen molar-refractivity contribution in [1.82, 2.24) is 9.78 Å². The van der Waals surface area contributed by atoms with Crippen molar-refractivity contribution in [2.45, 2.75) is 31.2 Å². The Hall–Kier alpha value is -0.830. The average molecular weight is 165 g/mol. The molecule has 0 aromatic carbocycles. The lowest BCUT2D eigenvalue weighted by Gasteiger charge is -2.42. The van der Waals surface area contributed by atoms with Crippen LogP contribution in [-0.4, -0.2) is 16.3 Å². The summed E-state index contributed by atoms with van der Waals surface area (Å²) in [4.78, 5) is 0. The average Bonchev–Trinajstić information content (AvgIpc) is 2.48. The van der Waals surface area contributed by atoms with Gasteiger partial charge in [0.2, 0.25) is 0 Å². The maximum atomic E-state index is 5.59. The molecule has 1 fully saturated rings. The maximum Gasteiger partial charge on any atom is 0.0639 e. The Balaban J connectivity index is 2.17.